The van der Waals surface area contributed by atoms with Gasteiger partial charge in [-0.1, -0.05) is 72.8 Å². The molecule has 2 nitrogen and oxygen atoms in total. The van der Waals surface area contributed by atoms with E-state index in [1.165, 1.54) is 55.7 Å². The Balaban J connectivity index is 1.33. The fourth-order valence-electron chi connectivity index (χ4n) is 6.15. The number of rotatable bonds is 7. The third-order valence-corrected chi connectivity index (χ3v) is 10.4. The molecule has 5 aromatic carbocycles. The Morgan fingerprint density at radius 3 is 1.97 bits per heavy atom. The van der Waals surface area contributed by atoms with Crippen molar-refractivity contribution in [3.05, 3.63) is 131 Å². The van der Waals surface area contributed by atoms with Gasteiger partial charge in [-0.15, -0.1) is 11.8 Å². The van der Waals surface area contributed by atoms with Crippen LogP contribution in [0.25, 0.3) is 21.9 Å². The lowest BCUT2D eigenvalue weighted by molar-refractivity contribution is 0.271. The molecule has 0 aromatic heterocycles. The second-order valence-corrected chi connectivity index (χ2v) is 13.2. The second-order valence-electron chi connectivity index (χ2n) is 10.6. The number of hydrogen-bond acceptors (Lipinski definition) is 4. The third-order valence-electron chi connectivity index (χ3n) is 8.25. The van der Waals surface area contributed by atoms with Gasteiger partial charge < -0.3 is 9.47 Å². The van der Waals surface area contributed by atoms with E-state index in [4.69, 9.17) is 9.47 Å². The van der Waals surface area contributed by atoms with E-state index in [0.29, 0.717) is 5.25 Å². The molecule has 2 heterocycles. The Labute approximate surface area is 237 Å². The Morgan fingerprint density at radius 1 is 0.667 bits per heavy atom. The smallest absolute Gasteiger partial charge is 0.145 e. The first-order valence-corrected chi connectivity index (χ1v) is 15.8. The van der Waals surface area contributed by atoms with Crippen LogP contribution in [0, 0.1) is 0 Å². The summed E-state index contributed by atoms with van der Waals surface area (Å²) in [6.07, 6.45) is 1.12. The first kappa shape index (κ1) is 23.5. The minimum Gasteiger partial charge on any atom is -0.492 e. The molecule has 2 aliphatic heterocycles. The van der Waals surface area contributed by atoms with Crippen LogP contribution in [-0.4, -0.2) is 28.8 Å². The van der Waals surface area contributed by atoms with Crippen molar-refractivity contribution in [2.45, 2.75) is 22.5 Å². The van der Waals surface area contributed by atoms with Crippen molar-refractivity contribution in [3.63, 3.8) is 0 Å². The molecule has 0 radical (unpaired) electrons. The molecule has 3 atom stereocenters. The standard InChI is InChI=1S/C35H28O2S2/c1-2-6-24-20-33-31(19-23(24)5-1)30-7-3-4-8-32(30)35(33,25-9-13-27(14-10-25)36-21-29-22-39-29)26-11-15-28(16-12-26)37-34-17-18-38-34/h1-16,19-20,29,34H,17-18,21-22H2. The summed E-state index contributed by atoms with van der Waals surface area (Å²) >= 11 is 3.85. The van der Waals surface area contributed by atoms with Crippen molar-refractivity contribution >= 4 is 34.3 Å². The Morgan fingerprint density at radius 2 is 1.31 bits per heavy atom. The summed E-state index contributed by atoms with van der Waals surface area (Å²) in [5.74, 6) is 4.28. The van der Waals surface area contributed by atoms with Crippen molar-refractivity contribution in [2.75, 3.05) is 18.1 Å². The molecule has 39 heavy (non-hydrogen) atoms. The maximum Gasteiger partial charge on any atom is 0.145 e. The lowest BCUT2D eigenvalue weighted by atomic mass is 9.67. The minimum absolute atomic E-state index is 0.283. The van der Waals surface area contributed by atoms with E-state index in [1.54, 1.807) is 0 Å². The van der Waals surface area contributed by atoms with Crippen LogP contribution in [0.3, 0.4) is 0 Å². The Hall–Kier alpha value is -3.34. The van der Waals surface area contributed by atoms with Crippen LogP contribution < -0.4 is 9.47 Å². The average Bonchev–Trinajstić information content (AvgIpc) is 3.76. The van der Waals surface area contributed by atoms with Gasteiger partial charge in [0.05, 0.1) is 5.41 Å². The highest BCUT2D eigenvalue weighted by atomic mass is 32.2. The van der Waals surface area contributed by atoms with E-state index in [0.717, 1.165) is 24.5 Å². The molecule has 0 N–H and O–H groups in total. The summed E-state index contributed by atoms with van der Waals surface area (Å²) in [5.41, 5.74) is 7.60. The minimum atomic E-state index is -0.440. The van der Waals surface area contributed by atoms with Crippen LogP contribution in [0.1, 0.15) is 28.7 Å². The number of hydrogen-bond donors (Lipinski definition) is 0. The summed E-state index contributed by atoms with van der Waals surface area (Å²) in [4.78, 5) is 0. The zero-order valence-corrected chi connectivity index (χ0v) is 23.1. The van der Waals surface area contributed by atoms with Crippen molar-refractivity contribution in [1.82, 2.24) is 0 Å². The van der Waals surface area contributed by atoms with Gasteiger partial charge in [-0.25, -0.2) is 0 Å². The summed E-state index contributed by atoms with van der Waals surface area (Å²) in [5, 5.41) is 3.18. The highest BCUT2D eigenvalue weighted by molar-refractivity contribution is 8.06. The van der Waals surface area contributed by atoms with E-state index in [2.05, 4.69) is 109 Å². The normalized spacial score (nSPS) is 22.6. The highest BCUT2D eigenvalue weighted by Crippen LogP contribution is 2.57. The average molecular weight is 545 g/mol. The van der Waals surface area contributed by atoms with Crippen LogP contribution in [0.4, 0.5) is 0 Å². The molecule has 192 valence electrons. The molecule has 3 aliphatic rings. The molecule has 3 unspecified atom stereocenters. The van der Waals surface area contributed by atoms with Gasteiger partial charge in [0.25, 0.3) is 0 Å². The van der Waals surface area contributed by atoms with Crippen LogP contribution in [0.15, 0.2) is 109 Å². The first-order valence-electron chi connectivity index (χ1n) is 13.7. The molecular weight excluding hydrogens is 517 g/mol. The van der Waals surface area contributed by atoms with Gasteiger partial charge >= 0.3 is 0 Å². The Kier molecular flexibility index (Phi) is 5.67. The second kappa shape index (κ2) is 9.39. The molecule has 4 heteroatoms. The largest absolute Gasteiger partial charge is 0.492 e. The summed E-state index contributed by atoms with van der Waals surface area (Å²) in [6, 6.07) is 40.1. The van der Waals surface area contributed by atoms with Crippen LogP contribution in [0.2, 0.25) is 0 Å². The fraction of sp³-hybridized carbons (Fsp3) is 0.200. The number of benzene rings is 5. The lowest BCUT2D eigenvalue weighted by Gasteiger charge is -2.34. The summed E-state index contributed by atoms with van der Waals surface area (Å²) in [7, 11) is 0. The van der Waals surface area contributed by atoms with Gasteiger partial charge in [0.15, 0.2) is 0 Å². The van der Waals surface area contributed by atoms with Crippen molar-refractivity contribution in [3.8, 4) is 22.6 Å². The topological polar surface area (TPSA) is 18.5 Å². The van der Waals surface area contributed by atoms with Crippen LogP contribution >= 0.6 is 23.5 Å². The van der Waals surface area contributed by atoms with Crippen LogP contribution in [-0.2, 0) is 5.41 Å². The number of ether oxygens (including phenoxy) is 2. The molecule has 0 bridgehead atoms. The molecule has 8 rings (SSSR count). The molecule has 5 aromatic rings. The zero-order valence-electron chi connectivity index (χ0n) is 21.5. The van der Waals surface area contributed by atoms with E-state index in [9.17, 15) is 0 Å². The van der Waals surface area contributed by atoms with Gasteiger partial charge in [0.1, 0.15) is 23.5 Å². The molecule has 0 saturated carbocycles. The predicted molar refractivity (Wildman–Crippen MR) is 164 cm³/mol. The molecule has 0 spiro atoms. The maximum absolute atomic E-state index is 6.21. The maximum atomic E-state index is 6.21. The molecular formula is C35H28O2S2. The monoisotopic (exact) mass is 544 g/mol. The van der Waals surface area contributed by atoms with Crippen molar-refractivity contribution in [1.29, 1.82) is 0 Å². The third kappa shape index (κ3) is 3.96. The predicted octanol–water partition coefficient (Wildman–Crippen LogP) is 8.54. The van der Waals surface area contributed by atoms with Gasteiger partial charge in [0, 0.05) is 23.2 Å². The van der Waals surface area contributed by atoms with Crippen molar-refractivity contribution < 1.29 is 9.47 Å². The molecule has 1 aliphatic carbocycles. The van der Waals surface area contributed by atoms with E-state index >= 15 is 0 Å². The van der Waals surface area contributed by atoms with Crippen LogP contribution in [0.5, 0.6) is 11.5 Å². The quantitative estimate of drug-likeness (QED) is 0.187. The SMILES string of the molecule is c1ccc2c(c1)-c1cc3ccccc3cc1C2(c1ccc(OCC2CS2)cc1)c1ccc(OC2CCS2)cc1. The van der Waals surface area contributed by atoms with E-state index < -0.39 is 5.41 Å². The van der Waals surface area contributed by atoms with Crippen molar-refractivity contribution in [2.24, 2.45) is 0 Å². The Bertz CT molecular complexity index is 1670. The first-order chi connectivity index (χ1) is 19.3. The van der Waals surface area contributed by atoms with Gasteiger partial charge in [-0.3, -0.25) is 0 Å². The van der Waals surface area contributed by atoms with E-state index in [1.807, 2.05) is 23.5 Å². The number of thioether (sulfide) groups is 2. The summed E-state index contributed by atoms with van der Waals surface area (Å²) in [6.45, 7) is 0.785. The number of fused-ring (bicyclic) bond motifs is 4. The molecule has 0 amide bonds. The van der Waals surface area contributed by atoms with Gasteiger partial charge in [-0.2, -0.15) is 11.8 Å². The van der Waals surface area contributed by atoms with Gasteiger partial charge in [-0.05, 0) is 80.6 Å². The zero-order chi connectivity index (χ0) is 25.8. The lowest BCUT2D eigenvalue weighted by Crippen LogP contribution is -2.28. The molecule has 2 fully saturated rings. The fourth-order valence-corrected chi connectivity index (χ4v) is 7.15. The van der Waals surface area contributed by atoms with E-state index in [-0.39, 0.29) is 5.44 Å². The van der Waals surface area contributed by atoms with Gasteiger partial charge in [0.2, 0.25) is 0 Å². The molecule has 2 saturated heterocycles. The highest BCUT2D eigenvalue weighted by Gasteiger charge is 2.46. The summed E-state index contributed by atoms with van der Waals surface area (Å²) < 4.78 is 12.3.